The fourth-order valence-corrected chi connectivity index (χ4v) is 2.37. The zero-order valence-corrected chi connectivity index (χ0v) is 13.3. The lowest BCUT2D eigenvalue weighted by molar-refractivity contribution is 0.0289. The minimum atomic E-state index is -0.469. The quantitative estimate of drug-likeness (QED) is 0.928. The Bertz CT molecular complexity index is 574. The first-order chi connectivity index (χ1) is 10.4. The maximum atomic E-state index is 12.0. The van der Waals surface area contributed by atoms with Gasteiger partial charge < -0.3 is 15.0 Å². The number of anilines is 1. The molecule has 1 N–H and O–H groups in total. The van der Waals surface area contributed by atoms with Crippen molar-refractivity contribution >= 4 is 11.9 Å². The van der Waals surface area contributed by atoms with Gasteiger partial charge in [-0.2, -0.15) is 5.26 Å². The number of carbonyl (C=O) groups is 1. The minimum absolute atomic E-state index is 0.259. The summed E-state index contributed by atoms with van der Waals surface area (Å²) in [6, 6.07) is 5.59. The van der Waals surface area contributed by atoms with Gasteiger partial charge in [0, 0.05) is 25.8 Å². The van der Waals surface area contributed by atoms with E-state index in [1.54, 1.807) is 23.2 Å². The van der Waals surface area contributed by atoms with Crippen LogP contribution in [0.5, 0.6) is 0 Å². The lowest BCUT2D eigenvalue weighted by Gasteiger charge is -2.24. The molecule has 1 amide bonds. The van der Waals surface area contributed by atoms with Crippen molar-refractivity contribution in [2.45, 2.75) is 32.8 Å². The molecule has 1 aliphatic rings. The molecule has 22 heavy (non-hydrogen) atoms. The van der Waals surface area contributed by atoms with Crippen LogP contribution in [0.2, 0.25) is 0 Å². The Morgan fingerprint density at radius 3 is 3.05 bits per heavy atom. The molecule has 6 nitrogen and oxygen atoms in total. The highest BCUT2D eigenvalue weighted by atomic mass is 16.6. The second-order valence-corrected chi connectivity index (χ2v) is 6.47. The van der Waals surface area contributed by atoms with Gasteiger partial charge in [0.05, 0.1) is 5.56 Å². The van der Waals surface area contributed by atoms with E-state index in [9.17, 15) is 4.79 Å². The van der Waals surface area contributed by atoms with E-state index in [4.69, 9.17) is 10.00 Å². The Morgan fingerprint density at radius 1 is 1.59 bits per heavy atom. The van der Waals surface area contributed by atoms with Gasteiger partial charge in [0.15, 0.2) is 0 Å². The predicted molar refractivity (Wildman–Crippen MR) is 83.4 cm³/mol. The van der Waals surface area contributed by atoms with Crippen LogP contribution in [0.25, 0.3) is 0 Å². The Labute approximate surface area is 131 Å². The molecule has 1 atom stereocenters. The number of carbonyl (C=O) groups excluding carboxylic acids is 1. The van der Waals surface area contributed by atoms with E-state index in [0.29, 0.717) is 36.9 Å². The van der Waals surface area contributed by atoms with Gasteiger partial charge in [-0.05, 0) is 45.2 Å². The van der Waals surface area contributed by atoms with Crippen molar-refractivity contribution in [3.05, 3.63) is 23.9 Å². The second kappa shape index (κ2) is 6.65. The highest BCUT2D eigenvalue weighted by molar-refractivity contribution is 5.68. The normalized spacial score (nSPS) is 17.9. The SMILES string of the molecule is CC(C)(C)OC(=O)N1CCC(CNc2ncccc2C#N)C1. The average Bonchev–Trinajstić information content (AvgIpc) is 2.92. The van der Waals surface area contributed by atoms with Gasteiger partial charge in [-0.3, -0.25) is 0 Å². The summed E-state index contributed by atoms with van der Waals surface area (Å²) in [6.45, 7) is 7.65. The number of nitriles is 1. The van der Waals surface area contributed by atoms with Crippen LogP contribution in [0.15, 0.2) is 18.3 Å². The van der Waals surface area contributed by atoms with Gasteiger partial charge in [-0.25, -0.2) is 9.78 Å². The maximum absolute atomic E-state index is 12.0. The Morgan fingerprint density at radius 2 is 2.36 bits per heavy atom. The van der Waals surface area contributed by atoms with Crippen molar-refractivity contribution in [2.24, 2.45) is 5.92 Å². The average molecular weight is 302 g/mol. The number of ether oxygens (including phenoxy) is 1. The number of pyridine rings is 1. The van der Waals surface area contributed by atoms with Gasteiger partial charge >= 0.3 is 6.09 Å². The topological polar surface area (TPSA) is 78.2 Å². The molecule has 1 fully saturated rings. The van der Waals surface area contributed by atoms with E-state index in [1.807, 2.05) is 20.8 Å². The molecule has 0 spiro atoms. The zero-order chi connectivity index (χ0) is 16.2. The summed E-state index contributed by atoms with van der Waals surface area (Å²) in [5.74, 6) is 0.932. The third-order valence-corrected chi connectivity index (χ3v) is 3.42. The summed E-state index contributed by atoms with van der Waals surface area (Å²) < 4.78 is 5.38. The van der Waals surface area contributed by atoms with E-state index in [0.717, 1.165) is 6.42 Å². The maximum Gasteiger partial charge on any atom is 0.410 e. The fourth-order valence-electron chi connectivity index (χ4n) is 2.37. The van der Waals surface area contributed by atoms with Crippen molar-refractivity contribution in [3.8, 4) is 6.07 Å². The van der Waals surface area contributed by atoms with Crippen molar-refractivity contribution < 1.29 is 9.53 Å². The van der Waals surface area contributed by atoms with Crippen LogP contribution in [0.3, 0.4) is 0 Å². The molecule has 2 rings (SSSR count). The van der Waals surface area contributed by atoms with Gasteiger partial charge in [-0.1, -0.05) is 0 Å². The standard InChI is InChI=1S/C16H22N4O2/c1-16(2,3)22-15(21)20-8-6-12(11-20)10-19-14-13(9-17)5-4-7-18-14/h4-5,7,12H,6,8,10-11H2,1-3H3,(H,18,19). The molecule has 0 aliphatic carbocycles. The number of amides is 1. The Kier molecular flexibility index (Phi) is 4.86. The molecule has 1 unspecified atom stereocenters. The first-order valence-corrected chi connectivity index (χ1v) is 7.46. The molecular weight excluding hydrogens is 280 g/mol. The predicted octanol–water partition coefficient (Wildman–Crippen LogP) is 2.62. The third kappa shape index (κ3) is 4.35. The number of hydrogen-bond donors (Lipinski definition) is 1. The molecule has 0 bridgehead atoms. The van der Waals surface area contributed by atoms with Crippen LogP contribution in [0, 0.1) is 17.2 Å². The molecule has 0 saturated carbocycles. The molecule has 1 aromatic rings. The highest BCUT2D eigenvalue weighted by Gasteiger charge is 2.29. The lowest BCUT2D eigenvalue weighted by atomic mass is 10.1. The van der Waals surface area contributed by atoms with Crippen molar-refractivity contribution in [1.29, 1.82) is 5.26 Å². The summed E-state index contributed by atoms with van der Waals surface area (Å²) in [5, 5.41) is 12.2. The van der Waals surface area contributed by atoms with Crippen molar-refractivity contribution in [2.75, 3.05) is 25.0 Å². The van der Waals surface area contributed by atoms with Crippen LogP contribution >= 0.6 is 0 Å². The molecule has 118 valence electrons. The lowest BCUT2D eigenvalue weighted by Crippen LogP contribution is -2.35. The Hall–Kier alpha value is -2.29. The van der Waals surface area contributed by atoms with Gasteiger partial charge in [-0.15, -0.1) is 0 Å². The summed E-state index contributed by atoms with van der Waals surface area (Å²) in [5.41, 5.74) is 0.0628. The molecule has 6 heteroatoms. The molecule has 2 heterocycles. The number of aromatic nitrogens is 1. The monoisotopic (exact) mass is 302 g/mol. The number of hydrogen-bond acceptors (Lipinski definition) is 5. The number of likely N-dealkylation sites (tertiary alicyclic amines) is 1. The van der Waals surface area contributed by atoms with Gasteiger partial charge in [0.1, 0.15) is 17.5 Å². The molecule has 1 aliphatic heterocycles. The molecule has 1 aromatic heterocycles. The largest absolute Gasteiger partial charge is 0.444 e. The minimum Gasteiger partial charge on any atom is -0.444 e. The highest BCUT2D eigenvalue weighted by Crippen LogP contribution is 2.20. The van der Waals surface area contributed by atoms with E-state index >= 15 is 0 Å². The van der Waals surface area contributed by atoms with E-state index in [2.05, 4.69) is 16.4 Å². The Balaban J connectivity index is 1.84. The van der Waals surface area contributed by atoms with E-state index in [1.165, 1.54) is 0 Å². The summed E-state index contributed by atoms with van der Waals surface area (Å²) in [7, 11) is 0. The zero-order valence-electron chi connectivity index (χ0n) is 13.3. The first kappa shape index (κ1) is 16.1. The van der Waals surface area contributed by atoms with Crippen LogP contribution in [0.4, 0.5) is 10.6 Å². The second-order valence-electron chi connectivity index (χ2n) is 6.47. The van der Waals surface area contributed by atoms with Gasteiger partial charge in [0.2, 0.25) is 0 Å². The summed E-state index contributed by atoms with van der Waals surface area (Å²) in [4.78, 5) is 17.9. The van der Waals surface area contributed by atoms with Crippen LogP contribution in [-0.2, 0) is 4.74 Å². The molecule has 1 saturated heterocycles. The van der Waals surface area contributed by atoms with Crippen LogP contribution in [0.1, 0.15) is 32.8 Å². The summed E-state index contributed by atoms with van der Waals surface area (Å²) >= 11 is 0. The van der Waals surface area contributed by atoms with Crippen molar-refractivity contribution in [3.63, 3.8) is 0 Å². The first-order valence-electron chi connectivity index (χ1n) is 7.46. The fraction of sp³-hybridized carbons (Fsp3) is 0.562. The number of rotatable bonds is 3. The van der Waals surface area contributed by atoms with E-state index in [-0.39, 0.29) is 6.09 Å². The molecule has 0 aromatic carbocycles. The number of nitrogens with zero attached hydrogens (tertiary/aromatic N) is 3. The van der Waals surface area contributed by atoms with Crippen LogP contribution in [-0.4, -0.2) is 41.2 Å². The van der Waals surface area contributed by atoms with Crippen LogP contribution < -0.4 is 5.32 Å². The third-order valence-electron chi connectivity index (χ3n) is 3.42. The van der Waals surface area contributed by atoms with Crippen molar-refractivity contribution in [1.82, 2.24) is 9.88 Å². The molecule has 0 radical (unpaired) electrons. The smallest absolute Gasteiger partial charge is 0.410 e. The van der Waals surface area contributed by atoms with Gasteiger partial charge in [0.25, 0.3) is 0 Å². The number of nitrogens with one attached hydrogen (secondary N) is 1. The molecular formula is C16H22N4O2. The van der Waals surface area contributed by atoms with E-state index < -0.39 is 5.60 Å². The summed E-state index contributed by atoms with van der Waals surface area (Å²) in [6.07, 6.45) is 2.32.